The molecule has 0 amide bonds. The monoisotopic (exact) mass is 730 g/mol. The van der Waals surface area contributed by atoms with Gasteiger partial charge in [-0.15, -0.1) is 0 Å². The first-order valence-corrected chi connectivity index (χ1v) is 20.5. The normalized spacial score (nSPS) is 19.0. The maximum atomic E-state index is 11.9. The van der Waals surface area contributed by atoms with Crippen molar-refractivity contribution in [3.63, 3.8) is 0 Å². The molecule has 0 aromatic heterocycles. The van der Waals surface area contributed by atoms with E-state index in [1.165, 1.54) is 16.7 Å². The average Bonchev–Trinajstić information content (AvgIpc) is 3.10. The van der Waals surface area contributed by atoms with Gasteiger partial charge in [0.2, 0.25) is 0 Å². The minimum Gasteiger partial charge on any atom is -0.389 e. The summed E-state index contributed by atoms with van der Waals surface area (Å²) in [7, 11) is 0. The third-order valence-electron chi connectivity index (χ3n) is 11.3. The second kappa shape index (κ2) is 21.5. The molecule has 3 aromatic rings. The number of hydrogen-bond donors (Lipinski definition) is 5. The summed E-state index contributed by atoms with van der Waals surface area (Å²) in [5.74, 6) is 1.83. The van der Waals surface area contributed by atoms with E-state index in [0.717, 1.165) is 32.4 Å². The van der Waals surface area contributed by atoms with Gasteiger partial charge in [0.05, 0.1) is 16.8 Å². The minimum atomic E-state index is -0.938. The van der Waals surface area contributed by atoms with E-state index in [4.69, 9.17) is 5.73 Å². The summed E-state index contributed by atoms with van der Waals surface area (Å²) in [5.41, 5.74) is 7.23. The highest BCUT2D eigenvalue weighted by atomic mass is 16.3. The number of benzene rings is 3. The highest BCUT2D eigenvalue weighted by molar-refractivity contribution is 5.21. The summed E-state index contributed by atoms with van der Waals surface area (Å²) < 4.78 is 0. The van der Waals surface area contributed by atoms with Crippen LogP contribution in [0.4, 0.5) is 0 Å². The molecule has 0 aliphatic rings. The lowest BCUT2D eigenvalue weighted by molar-refractivity contribution is -0.0384. The van der Waals surface area contributed by atoms with Gasteiger partial charge in [-0.05, 0) is 118 Å². The van der Waals surface area contributed by atoms with Gasteiger partial charge in [-0.2, -0.15) is 0 Å². The molecule has 6 nitrogen and oxygen atoms in total. The van der Waals surface area contributed by atoms with Crippen LogP contribution >= 0.6 is 0 Å². The summed E-state index contributed by atoms with van der Waals surface area (Å²) >= 11 is 0. The van der Waals surface area contributed by atoms with Gasteiger partial charge >= 0.3 is 0 Å². The molecule has 6 heteroatoms. The van der Waals surface area contributed by atoms with Crippen molar-refractivity contribution in [2.75, 3.05) is 39.3 Å². The zero-order valence-electron chi connectivity index (χ0n) is 34.5. The summed E-state index contributed by atoms with van der Waals surface area (Å²) in [6.07, 6.45) is 5.03. The Labute approximate surface area is 323 Å². The summed E-state index contributed by atoms with van der Waals surface area (Å²) in [4.78, 5) is 2.32. The van der Waals surface area contributed by atoms with E-state index in [0.29, 0.717) is 63.2 Å². The van der Waals surface area contributed by atoms with E-state index in [1.807, 2.05) is 39.0 Å². The molecule has 0 spiro atoms. The van der Waals surface area contributed by atoms with Crippen molar-refractivity contribution in [2.24, 2.45) is 23.5 Å². The largest absolute Gasteiger partial charge is 0.389 e. The standard InChI is InChI=1S/C47H75N3O3/c1-9-40(30-48)26-41(31-49-33-45(6,51)27-37(3)42-19-13-10-14-20-42)25-36(2)32-50(34-46(7,52)28-38(4)43-21-15-11-16-22-43)35-47(8,53)29-39(5)44-23-17-12-18-24-44/h10-24,36-41,49,51-53H,9,25-35,48H2,1-8H3. The van der Waals surface area contributed by atoms with Gasteiger partial charge in [-0.25, -0.2) is 0 Å². The zero-order valence-corrected chi connectivity index (χ0v) is 34.5. The maximum Gasteiger partial charge on any atom is 0.0751 e. The molecule has 9 unspecified atom stereocenters. The van der Waals surface area contributed by atoms with Crippen molar-refractivity contribution < 1.29 is 15.3 Å². The van der Waals surface area contributed by atoms with E-state index in [2.05, 4.69) is 118 Å². The van der Waals surface area contributed by atoms with Crippen molar-refractivity contribution in [1.82, 2.24) is 10.2 Å². The van der Waals surface area contributed by atoms with Crippen molar-refractivity contribution >= 4 is 0 Å². The molecule has 9 atom stereocenters. The SMILES string of the molecule is CCC(CN)CC(CNCC(C)(O)CC(C)c1ccccc1)CC(C)CN(CC(C)(O)CC(C)c1ccccc1)CC(C)(O)CC(C)c1ccccc1. The molecule has 0 aliphatic carbocycles. The van der Waals surface area contributed by atoms with Crippen LogP contribution in [0, 0.1) is 17.8 Å². The van der Waals surface area contributed by atoms with Crippen LogP contribution in [0.3, 0.4) is 0 Å². The maximum absolute atomic E-state index is 11.9. The average molecular weight is 730 g/mol. The number of nitrogens with one attached hydrogen (secondary N) is 1. The van der Waals surface area contributed by atoms with Crippen molar-refractivity contribution in [2.45, 2.75) is 128 Å². The van der Waals surface area contributed by atoms with Crippen molar-refractivity contribution in [3.05, 3.63) is 108 Å². The first kappa shape index (κ1) is 44.8. The Bertz CT molecular complexity index is 1330. The minimum absolute atomic E-state index is 0.203. The van der Waals surface area contributed by atoms with Gasteiger partial charge in [0.25, 0.3) is 0 Å². The van der Waals surface area contributed by atoms with Crippen LogP contribution in [-0.2, 0) is 0 Å². The highest BCUT2D eigenvalue weighted by Gasteiger charge is 2.33. The van der Waals surface area contributed by atoms with E-state index < -0.39 is 16.8 Å². The zero-order chi connectivity index (χ0) is 39.1. The first-order valence-electron chi connectivity index (χ1n) is 20.5. The molecular formula is C47H75N3O3. The molecule has 0 saturated heterocycles. The van der Waals surface area contributed by atoms with Gasteiger partial charge in [0, 0.05) is 26.2 Å². The van der Waals surface area contributed by atoms with Crippen LogP contribution in [-0.4, -0.2) is 76.3 Å². The quantitative estimate of drug-likeness (QED) is 0.0598. The van der Waals surface area contributed by atoms with Gasteiger partial charge < -0.3 is 26.4 Å². The molecule has 3 rings (SSSR count). The molecule has 0 radical (unpaired) electrons. The molecule has 0 saturated carbocycles. The van der Waals surface area contributed by atoms with Gasteiger partial charge in [0.15, 0.2) is 0 Å². The molecule has 296 valence electrons. The Hall–Kier alpha value is -2.58. The fraction of sp³-hybridized carbons (Fsp3) is 0.617. The lowest BCUT2D eigenvalue weighted by Crippen LogP contribution is -2.50. The van der Waals surface area contributed by atoms with Crippen LogP contribution < -0.4 is 11.1 Å². The molecule has 6 N–H and O–H groups in total. The van der Waals surface area contributed by atoms with Crippen LogP contribution in [0.25, 0.3) is 0 Å². The molecule has 0 aliphatic heterocycles. The second-order valence-corrected chi connectivity index (χ2v) is 17.8. The van der Waals surface area contributed by atoms with Crippen LogP contribution in [0.5, 0.6) is 0 Å². The second-order valence-electron chi connectivity index (χ2n) is 17.8. The van der Waals surface area contributed by atoms with Gasteiger partial charge in [0.1, 0.15) is 0 Å². The van der Waals surface area contributed by atoms with Crippen LogP contribution in [0.2, 0.25) is 0 Å². The van der Waals surface area contributed by atoms with E-state index in [9.17, 15) is 15.3 Å². The third-order valence-corrected chi connectivity index (χ3v) is 11.3. The number of nitrogens with two attached hydrogens (primary N) is 1. The van der Waals surface area contributed by atoms with E-state index >= 15 is 0 Å². The number of aliphatic hydroxyl groups is 3. The Kier molecular flexibility index (Phi) is 18.2. The lowest BCUT2D eigenvalue weighted by atomic mass is 9.84. The number of nitrogens with zero attached hydrogens (tertiary/aromatic N) is 1. The molecule has 0 fully saturated rings. The Morgan fingerprint density at radius 3 is 1.38 bits per heavy atom. The van der Waals surface area contributed by atoms with E-state index in [-0.39, 0.29) is 17.8 Å². The number of hydrogen-bond acceptors (Lipinski definition) is 6. The Morgan fingerprint density at radius 1 is 0.604 bits per heavy atom. The molecule has 0 heterocycles. The first-order chi connectivity index (χ1) is 25.0. The van der Waals surface area contributed by atoms with Crippen LogP contribution in [0.1, 0.15) is 128 Å². The molecular weight excluding hydrogens is 655 g/mol. The highest BCUT2D eigenvalue weighted by Crippen LogP contribution is 2.31. The lowest BCUT2D eigenvalue weighted by Gasteiger charge is -2.39. The Balaban J connectivity index is 1.72. The number of rotatable bonds is 25. The Morgan fingerprint density at radius 2 is 1.00 bits per heavy atom. The van der Waals surface area contributed by atoms with Crippen LogP contribution in [0.15, 0.2) is 91.0 Å². The fourth-order valence-electron chi connectivity index (χ4n) is 8.82. The molecule has 3 aromatic carbocycles. The predicted octanol–water partition coefficient (Wildman–Crippen LogP) is 8.73. The topological polar surface area (TPSA) is 102 Å². The summed E-state index contributed by atoms with van der Waals surface area (Å²) in [5, 5.41) is 38.9. The molecule has 53 heavy (non-hydrogen) atoms. The summed E-state index contributed by atoms with van der Waals surface area (Å²) in [6.45, 7) is 20.7. The predicted molar refractivity (Wildman–Crippen MR) is 224 cm³/mol. The third kappa shape index (κ3) is 16.8. The van der Waals surface area contributed by atoms with Gasteiger partial charge in [-0.3, -0.25) is 4.90 Å². The van der Waals surface area contributed by atoms with Gasteiger partial charge in [-0.1, -0.05) is 132 Å². The fourth-order valence-corrected chi connectivity index (χ4v) is 8.82. The van der Waals surface area contributed by atoms with Crippen molar-refractivity contribution in [1.29, 1.82) is 0 Å². The smallest absolute Gasteiger partial charge is 0.0751 e. The van der Waals surface area contributed by atoms with Crippen molar-refractivity contribution in [3.8, 4) is 0 Å². The van der Waals surface area contributed by atoms with E-state index in [1.54, 1.807) is 0 Å². The summed E-state index contributed by atoms with van der Waals surface area (Å²) in [6, 6.07) is 31.3. The molecule has 0 bridgehead atoms.